The van der Waals surface area contributed by atoms with E-state index in [9.17, 15) is 13.2 Å². The lowest BCUT2D eigenvalue weighted by Crippen LogP contribution is -2.47. The van der Waals surface area contributed by atoms with Crippen LogP contribution in [0.5, 0.6) is 5.75 Å². The van der Waals surface area contributed by atoms with Crippen LogP contribution < -0.4 is 14.4 Å². The number of rotatable bonds is 8. The molecular weight excluding hydrogens is 496 g/mol. The predicted molar refractivity (Wildman–Crippen MR) is 143 cm³/mol. The normalized spacial score (nSPS) is 16.5. The molecule has 3 aromatic rings. The van der Waals surface area contributed by atoms with E-state index in [1.54, 1.807) is 18.2 Å². The van der Waals surface area contributed by atoms with Crippen molar-refractivity contribution in [3.05, 3.63) is 88.9 Å². The van der Waals surface area contributed by atoms with E-state index in [4.69, 9.17) is 16.3 Å². The summed E-state index contributed by atoms with van der Waals surface area (Å²) in [5, 5.41) is 3.53. The van der Waals surface area contributed by atoms with E-state index >= 15 is 0 Å². The molecule has 8 heteroatoms. The van der Waals surface area contributed by atoms with Gasteiger partial charge in [0.25, 0.3) is 10.0 Å². The van der Waals surface area contributed by atoms with E-state index in [0.29, 0.717) is 17.1 Å². The maximum atomic E-state index is 13.7. The summed E-state index contributed by atoms with van der Waals surface area (Å²) in [6, 6.07) is 20.4. The zero-order valence-corrected chi connectivity index (χ0v) is 22.3. The van der Waals surface area contributed by atoms with Crippen molar-refractivity contribution in [1.82, 2.24) is 5.32 Å². The van der Waals surface area contributed by atoms with Crippen LogP contribution in [0, 0.1) is 6.92 Å². The van der Waals surface area contributed by atoms with Crippen LogP contribution >= 0.6 is 11.6 Å². The predicted octanol–water partition coefficient (Wildman–Crippen LogP) is 6.04. The lowest BCUT2D eigenvalue weighted by molar-refractivity contribution is -0.121. The van der Waals surface area contributed by atoms with Gasteiger partial charge in [0.2, 0.25) is 5.91 Å². The first-order chi connectivity index (χ1) is 17.2. The molecule has 4 rings (SSSR count). The average molecular weight is 527 g/mol. The quantitative estimate of drug-likeness (QED) is 0.388. The fraction of sp³-hybridized carbons (Fsp3) is 0.321. The number of nitrogens with one attached hydrogen (secondary N) is 1. The molecule has 1 atom stereocenters. The van der Waals surface area contributed by atoms with Gasteiger partial charge in [0.1, 0.15) is 17.9 Å². The van der Waals surface area contributed by atoms with Crippen molar-refractivity contribution < 1.29 is 17.9 Å². The van der Waals surface area contributed by atoms with Gasteiger partial charge in [-0.25, -0.2) is 8.42 Å². The largest absolute Gasteiger partial charge is 0.487 e. The van der Waals surface area contributed by atoms with Crippen molar-refractivity contribution in [3.8, 4) is 5.75 Å². The van der Waals surface area contributed by atoms with Gasteiger partial charge in [-0.05, 0) is 67.8 Å². The SMILES string of the molecule is CCC1(CC)C[C@@H](NC(=O)CN(c2cccc(C)c2)S(=O)(=O)c2ccc(Cl)cc2)c2ccccc2O1. The molecule has 0 radical (unpaired) electrons. The number of carbonyl (C=O) groups excluding carboxylic acids is 1. The minimum Gasteiger partial charge on any atom is -0.487 e. The first kappa shape index (κ1) is 26.0. The number of carbonyl (C=O) groups is 1. The highest BCUT2D eigenvalue weighted by Gasteiger charge is 2.39. The Bertz CT molecular complexity index is 1340. The smallest absolute Gasteiger partial charge is 0.264 e. The molecule has 36 heavy (non-hydrogen) atoms. The Labute approximate surface area is 218 Å². The Balaban J connectivity index is 1.65. The van der Waals surface area contributed by atoms with Crippen LogP contribution in [-0.4, -0.2) is 26.5 Å². The summed E-state index contributed by atoms with van der Waals surface area (Å²) < 4.78 is 34.8. The number of sulfonamides is 1. The lowest BCUT2D eigenvalue weighted by atomic mass is 9.83. The third-order valence-electron chi connectivity index (χ3n) is 6.80. The van der Waals surface area contributed by atoms with Crippen LogP contribution in [0.4, 0.5) is 5.69 Å². The van der Waals surface area contributed by atoms with Gasteiger partial charge >= 0.3 is 0 Å². The number of aryl methyl sites for hydroxylation is 1. The second-order valence-electron chi connectivity index (χ2n) is 9.16. The Hall–Kier alpha value is -3.03. The Morgan fingerprint density at radius 3 is 2.42 bits per heavy atom. The standard InChI is InChI=1S/C28H31ClN2O4S/c1-4-28(5-2)18-25(24-11-6-7-12-26(24)35-28)30-27(32)19-31(22-10-8-9-20(3)17-22)36(33,34)23-15-13-21(29)14-16-23/h6-17,25H,4-5,18-19H2,1-3H3,(H,30,32)/t25-/m1/s1. The molecule has 1 N–H and O–H groups in total. The molecule has 1 amide bonds. The highest BCUT2D eigenvalue weighted by molar-refractivity contribution is 7.92. The highest BCUT2D eigenvalue weighted by Crippen LogP contribution is 2.42. The van der Waals surface area contributed by atoms with Crippen molar-refractivity contribution in [2.24, 2.45) is 0 Å². The maximum Gasteiger partial charge on any atom is 0.264 e. The Morgan fingerprint density at radius 2 is 1.75 bits per heavy atom. The fourth-order valence-electron chi connectivity index (χ4n) is 4.63. The van der Waals surface area contributed by atoms with Gasteiger partial charge in [-0.3, -0.25) is 9.10 Å². The number of amides is 1. The van der Waals surface area contributed by atoms with Gasteiger partial charge < -0.3 is 10.1 Å². The Morgan fingerprint density at radius 1 is 1.06 bits per heavy atom. The van der Waals surface area contributed by atoms with Gasteiger partial charge in [0.15, 0.2) is 0 Å². The maximum absolute atomic E-state index is 13.7. The van der Waals surface area contributed by atoms with Gasteiger partial charge in [-0.1, -0.05) is 55.8 Å². The first-order valence-corrected chi connectivity index (χ1v) is 13.9. The van der Waals surface area contributed by atoms with E-state index in [2.05, 4.69) is 19.2 Å². The number of halogens is 1. The number of para-hydroxylation sites is 1. The monoisotopic (exact) mass is 526 g/mol. The summed E-state index contributed by atoms with van der Waals surface area (Å²) >= 11 is 5.98. The number of hydrogen-bond acceptors (Lipinski definition) is 4. The van der Waals surface area contributed by atoms with E-state index in [0.717, 1.165) is 34.0 Å². The van der Waals surface area contributed by atoms with Crippen molar-refractivity contribution in [3.63, 3.8) is 0 Å². The molecule has 0 bridgehead atoms. The van der Waals surface area contributed by atoms with Crippen LogP contribution in [0.15, 0.2) is 77.7 Å². The molecule has 0 aromatic heterocycles. The van der Waals surface area contributed by atoms with Crippen LogP contribution in [0.25, 0.3) is 0 Å². The van der Waals surface area contributed by atoms with Gasteiger partial charge in [-0.2, -0.15) is 0 Å². The molecule has 3 aromatic carbocycles. The zero-order valence-electron chi connectivity index (χ0n) is 20.7. The number of hydrogen-bond donors (Lipinski definition) is 1. The third-order valence-corrected chi connectivity index (χ3v) is 8.84. The Kier molecular flexibility index (Phi) is 7.62. The molecular formula is C28H31ClN2O4S. The molecule has 190 valence electrons. The molecule has 0 aliphatic carbocycles. The summed E-state index contributed by atoms with van der Waals surface area (Å²) in [6.07, 6.45) is 2.20. The van der Waals surface area contributed by atoms with E-state index < -0.39 is 21.5 Å². The number of fused-ring (bicyclic) bond motifs is 1. The minimum absolute atomic E-state index is 0.0635. The molecule has 0 fully saturated rings. The summed E-state index contributed by atoms with van der Waals surface area (Å²) in [5.74, 6) is 0.360. The third kappa shape index (κ3) is 5.37. The number of benzene rings is 3. The van der Waals surface area contributed by atoms with Gasteiger partial charge in [0, 0.05) is 17.0 Å². The molecule has 0 spiro atoms. The van der Waals surface area contributed by atoms with Crippen molar-refractivity contribution in [1.29, 1.82) is 0 Å². The first-order valence-electron chi connectivity index (χ1n) is 12.1. The molecule has 1 aliphatic heterocycles. The number of ether oxygens (including phenoxy) is 1. The van der Waals surface area contributed by atoms with E-state index in [1.165, 1.54) is 24.3 Å². The molecule has 1 aliphatic rings. The summed E-state index contributed by atoms with van der Waals surface area (Å²) in [6.45, 7) is 5.67. The topological polar surface area (TPSA) is 75.7 Å². The van der Waals surface area contributed by atoms with Crippen LogP contribution in [0.1, 0.15) is 50.3 Å². The molecule has 0 saturated carbocycles. The summed E-state index contributed by atoms with van der Waals surface area (Å²) in [5.41, 5.74) is 1.81. The molecule has 0 saturated heterocycles. The fourth-order valence-corrected chi connectivity index (χ4v) is 6.17. The van der Waals surface area contributed by atoms with Crippen molar-refractivity contribution >= 4 is 33.2 Å². The van der Waals surface area contributed by atoms with Crippen LogP contribution in [-0.2, 0) is 14.8 Å². The lowest BCUT2D eigenvalue weighted by Gasteiger charge is -2.41. The van der Waals surface area contributed by atoms with Crippen LogP contribution in [0.2, 0.25) is 5.02 Å². The average Bonchev–Trinajstić information content (AvgIpc) is 2.87. The molecule has 6 nitrogen and oxygen atoms in total. The van der Waals surface area contributed by atoms with Crippen molar-refractivity contribution in [2.45, 2.75) is 56.6 Å². The molecule has 0 unspecified atom stereocenters. The zero-order chi connectivity index (χ0) is 25.9. The van der Waals surface area contributed by atoms with Gasteiger partial charge in [0.05, 0.1) is 16.6 Å². The van der Waals surface area contributed by atoms with Gasteiger partial charge in [-0.15, -0.1) is 0 Å². The van der Waals surface area contributed by atoms with E-state index in [1.807, 2.05) is 37.3 Å². The van der Waals surface area contributed by atoms with Crippen LogP contribution in [0.3, 0.4) is 0 Å². The number of anilines is 1. The summed E-state index contributed by atoms with van der Waals surface area (Å²) in [7, 11) is -4.03. The summed E-state index contributed by atoms with van der Waals surface area (Å²) in [4.78, 5) is 13.5. The second-order valence-corrected chi connectivity index (χ2v) is 11.5. The van der Waals surface area contributed by atoms with Crippen molar-refractivity contribution in [2.75, 3.05) is 10.8 Å². The highest BCUT2D eigenvalue weighted by atomic mass is 35.5. The minimum atomic E-state index is -4.03. The number of nitrogens with zero attached hydrogens (tertiary/aromatic N) is 1. The second kappa shape index (κ2) is 10.5. The molecule has 1 heterocycles. The van der Waals surface area contributed by atoms with E-state index in [-0.39, 0.29) is 17.5 Å².